The zero-order valence-electron chi connectivity index (χ0n) is 19.6. The Hall–Kier alpha value is -4.35. The second-order valence-electron chi connectivity index (χ2n) is 7.97. The summed E-state index contributed by atoms with van der Waals surface area (Å²) in [5, 5.41) is 7.67. The van der Waals surface area contributed by atoms with Crippen LogP contribution in [0.3, 0.4) is 0 Å². The molecule has 35 heavy (non-hydrogen) atoms. The van der Waals surface area contributed by atoms with Crippen molar-refractivity contribution in [3.05, 3.63) is 41.8 Å². The molecule has 12 heteroatoms. The van der Waals surface area contributed by atoms with E-state index >= 15 is 0 Å². The molecule has 4 aromatic rings. The summed E-state index contributed by atoms with van der Waals surface area (Å²) in [6.07, 6.45) is 4.47. The van der Waals surface area contributed by atoms with Gasteiger partial charge in [0.05, 0.1) is 20.4 Å². The van der Waals surface area contributed by atoms with Gasteiger partial charge in [-0.1, -0.05) is 0 Å². The van der Waals surface area contributed by atoms with Gasteiger partial charge in [-0.15, -0.1) is 5.10 Å². The van der Waals surface area contributed by atoms with Crippen LogP contribution in [0, 0.1) is 6.92 Å². The van der Waals surface area contributed by atoms with Crippen LogP contribution in [0.5, 0.6) is 17.5 Å². The summed E-state index contributed by atoms with van der Waals surface area (Å²) in [7, 11) is 3.20. The molecule has 1 amide bonds. The quantitative estimate of drug-likeness (QED) is 0.421. The van der Waals surface area contributed by atoms with Crippen molar-refractivity contribution < 1.29 is 23.4 Å². The van der Waals surface area contributed by atoms with E-state index in [1.54, 1.807) is 31.4 Å². The first-order valence-electron chi connectivity index (χ1n) is 11.2. The number of ether oxygens (including phenoxy) is 3. The number of rotatable bonds is 7. The lowest BCUT2D eigenvalue weighted by atomic mass is 10.2. The van der Waals surface area contributed by atoms with Gasteiger partial charge in [0.15, 0.2) is 5.65 Å². The zero-order chi connectivity index (χ0) is 24.4. The first kappa shape index (κ1) is 22.4. The molecule has 1 N–H and O–H groups in total. The third kappa shape index (κ3) is 4.42. The summed E-state index contributed by atoms with van der Waals surface area (Å²) < 4.78 is 23.2. The van der Waals surface area contributed by atoms with Crippen LogP contribution in [0.15, 0.2) is 35.1 Å². The number of amides is 1. The Morgan fingerprint density at radius 2 is 2.00 bits per heavy atom. The second kappa shape index (κ2) is 9.49. The number of methoxy groups -OCH3 is 2. The van der Waals surface area contributed by atoms with Crippen LogP contribution in [-0.4, -0.2) is 62.9 Å². The van der Waals surface area contributed by atoms with Gasteiger partial charge in [0.2, 0.25) is 11.8 Å². The normalized spacial score (nSPS) is 13.3. The van der Waals surface area contributed by atoms with E-state index in [0.717, 1.165) is 18.4 Å². The maximum absolute atomic E-state index is 12.5. The Morgan fingerprint density at radius 3 is 2.71 bits per heavy atom. The molecule has 0 unspecified atom stereocenters. The van der Waals surface area contributed by atoms with Gasteiger partial charge < -0.3 is 28.8 Å². The van der Waals surface area contributed by atoms with E-state index < -0.39 is 6.09 Å². The molecule has 1 aliphatic rings. The Bertz CT molecular complexity index is 1350. The molecule has 0 spiro atoms. The van der Waals surface area contributed by atoms with Gasteiger partial charge in [0.25, 0.3) is 0 Å². The lowest BCUT2D eigenvalue weighted by Gasteiger charge is -2.13. The summed E-state index contributed by atoms with van der Waals surface area (Å²) in [5.41, 5.74) is 2.51. The van der Waals surface area contributed by atoms with Crippen molar-refractivity contribution in [3.8, 4) is 29.1 Å². The van der Waals surface area contributed by atoms with Gasteiger partial charge in [-0.25, -0.2) is 14.8 Å². The lowest BCUT2D eigenvalue weighted by Crippen LogP contribution is -2.30. The number of carbonyl (C=O) groups is 1. The SMILES string of the molecule is COc1ccc(CNc2nc(-c3ncco3)c(C)c3nc(OC(=O)N4CCCC4)nn23)c(OC)c1. The number of benzene rings is 1. The molecule has 12 nitrogen and oxygen atoms in total. The number of carbonyl (C=O) groups excluding carboxylic acids is 1. The molecule has 0 aliphatic carbocycles. The van der Waals surface area contributed by atoms with Crippen molar-refractivity contribution in [2.75, 3.05) is 32.6 Å². The molecular weight excluding hydrogens is 454 g/mol. The summed E-state index contributed by atoms with van der Waals surface area (Å²) in [6, 6.07) is 5.50. The van der Waals surface area contributed by atoms with E-state index in [2.05, 4.69) is 20.4 Å². The first-order valence-corrected chi connectivity index (χ1v) is 11.2. The minimum absolute atomic E-state index is 0.0542. The molecule has 1 fully saturated rings. The molecule has 1 aromatic carbocycles. The first-order chi connectivity index (χ1) is 17.1. The lowest BCUT2D eigenvalue weighted by molar-refractivity contribution is 0.159. The molecule has 4 heterocycles. The van der Waals surface area contributed by atoms with Gasteiger partial charge in [-0.2, -0.15) is 9.50 Å². The molecule has 0 atom stereocenters. The summed E-state index contributed by atoms with van der Waals surface area (Å²) in [4.78, 5) is 27.5. The predicted octanol–water partition coefficient (Wildman–Crippen LogP) is 3.31. The average molecular weight is 479 g/mol. The number of aryl methyl sites for hydroxylation is 1. The number of hydrogen-bond donors (Lipinski definition) is 1. The predicted molar refractivity (Wildman–Crippen MR) is 125 cm³/mol. The van der Waals surface area contributed by atoms with E-state index in [1.807, 2.05) is 19.1 Å². The standard InChI is InChI=1S/C23H25N7O5/c1-14-18(20-24-8-11-34-20)26-21(25-13-15-6-7-16(32-2)12-17(15)33-3)30-19(14)27-22(28-30)35-23(31)29-9-4-5-10-29/h6-8,11-12H,4-5,9-10,13H2,1-3H3,(H,25,26). The van der Waals surface area contributed by atoms with Crippen molar-refractivity contribution in [2.45, 2.75) is 26.3 Å². The second-order valence-corrected chi connectivity index (χ2v) is 7.97. The van der Waals surface area contributed by atoms with Gasteiger partial charge >= 0.3 is 12.1 Å². The van der Waals surface area contributed by atoms with Gasteiger partial charge in [-0.3, -0.25) is 0 Å². The van der Waals surface area contributed by atoms with Crippen LogP contribution < -0.4 is 19.5 Å². The highest BCUT2D eigenvalue weighted by atomic mass is 16.6. The Balaban J connectivity index is 1.50. The molecule has 3 aromatic heterocycles. The summed E-state index contributed by atoms with van der Waals surface area (Å²) in [5.74, 6) is 2.06. The third-order valence-electron chi connectivity index (χ3n) is 5.81. The van der Waals surface area contributed by atoms with Crippen LogP contribution in [0.4, 0.5) is 10.7 Å². The average Bonchev–Trinajstić information content (AvgIpc) is 3.65. The van der Waals surface area contributed by atoms with E-state index in [-0.39, 0.29) is 6.01 Å². The minimum Gasteiger partial charge on any atom is -0.497 e. The van der Waals surface area contributed by atoms with Crippen LogP contribution in [0.25, 0.3) is 17.2 Å². The molecule has 0 bridgehead atoms. The highest BCUT2D eigenvalue weighted by Gasteiger charge is 2.24. The topological polar surface area (TPSA) is 129 Å². The number of nitrogens with zero attached hydrogens (tertiary/aromatic N) is 6. The van der Waals surface area contributed by atoms with Crippen molar-refractivity contribution >= 4 is 17.7 Å². The minimum atomic E-state index is -0.463. The molecule has 1 aliphatic heterocycles. The van der Waals surface area contributed by atoms with E-state index in [0.29, 0.717) is 59.9 Å². The third-order valence-corrected chi connectivity index (χ3v) is 5.81. The molecule has 0 radical (unpaired) electrons. The van der Waals surface area contributed by atoms with Crippen molar-refractivity contribution in [1.29, 1.82) is 0 Å². The highest BCUT2D eigenvalue weighted by Crippen LogP contribution is 2.28. The van der Waals surface area contributed by atoms with Crippen molar-refractivity contribution in [1.82, 2.24) is 29.5 Å². The fourth-order valence-electron chi connectivity index (χ4n) is 3.95. The van der Waals surface area contributed by atoms with Crippen LogP contribution in [0.2, 0.25) is 0 Å². The molecule has 0 saturated carbocycles. The summed E-state index contributed by atoms with van der Waals surface area (Å²) in [6.45, 7) is 3.53. The molecule has 1 saturated heterocycles. The van der Waals surface area contributed by atoms with Crippen LogP contribution in [-0.2, 0) is 6.54 Å². The van der Waals surface area contributed by atoms with Gasteiger partial charge in [-0.05, 0) is 31.9 Å². The Kier molecular flexibility index (Phi) is 6.08. The van der Waals surface area contributed by atoms with Crippen LogP contribution in [0.1, 0.15) is 24.0 Å². The highest BCUT2D eigenvalue weighted by molar-refractivity contribution is 5.71. The molecule has 5 rings (SSSR count). The summed E-state index contributed by atoms with van der Waals surface area (Å²) >= 11 is 0. The number of fused-ring (bicyclic) bond motifs is 1. The number of oxazole rings is 1. The maximum Gasteiger partial charge on any atom is 0.417 e. The van der Waals surface area contributed by atoms with Crippen molar-refractivity contribution in [3.63, 3.8) is 0 Å². The van der Waals surface area contributed by atoms with E-state index in [9.17, 15) is 4.79 Å². The van der Waals surface area contributed by atoms with Crippen LogP contribution >= 0.6 is 0 Å². The van der Waals surface area contributed by atoms with Gasteiger partial charge in [0.1, 0.15) is 23.5 Å². The Labute approximate surface area is 200 Å². The number of hydrogen-bond acceptors (Lipinski definition) is 10. The molecule has 182 valence electrons. The number of likely N-dealkylation sites (tertiary alicyclic amines) is 1. The largest absolute Gasteiger partial charge is 0.497 e. The number of aromatic nitrogens is 5. The number of nitrogens with one attached hydrogen (secondary N) is 1. The van der Waals surface area contributed by atoms with E-state index in [1.165, 1.54) is 10.8 Å². The molecular formula is C23H25N7O5. The fourth-order valence-corrected chi connectivity index (χ4v) is 3.95. The monoisotopic (exact) mass is 479 g/mol. The van der Waals surface area contributed by atoms with Gasteiger partial charge in [0, 0.05) is 36.8 Å². The van der Waals surface area contributed by atoms with E-state index in [4.69, 9.17) is 23.6 Å². The Morgan fingerprint density at radius 1 is 1.17 bits per heavy atom. The smallest absolute Gasteiger partial charge is 0.417 e. The van der Waals surface area contributed by atoms with Crippen molar-refractivity contribution in [2.24, 2.45) is 0 Å². The zero-order valence-corrected chi connectivity index (χ0v) is 19.6. The fraction of sp³-hybridized carbons (Fsp3) is 0.348. The number of anilines is 1. The maximum atomic E-state index is 12.5.